The van der Waals surface area contributed by atoms with Gasteiger partial charge in [-0.15, -0.1) is 0 Å². The summed E-state index contributed by atoms with van der Waals surface area (Å²) in [6.45, 7) is 2.01. The van der Waals surface area contributed by atoms with Gasteiger partial charge in [0, 0.05) is 28.9 Å². The maximum absolute atomic E-state index is 5.83. The number of nitrogens with one attached hydrogen (secondary N) is 1. The van der Waals surface area contributed by atoms with Gasteiger partial charge in [-0.1, -0.05) is 15.9 Å². The van der Waals surface area contributed by atoms with E-state index >= 15 is 0 Å². The Hall–Kier alpha value is -0.540. The molecule has 2 heterocycles. The van der Waals surface area contributed by atoms with Gasteiger partial charge in [0.25, 0.3) is 0 Å². The van der Waals surface area contributed by atoms with E-state index in [4.69, 9.17) is 4.74 Å². The Labute approximate surface area is 105 Å². The first-order chi connectivity index (χ1) is 7.86. The van der Waals surface area contributed by atoms with Gasteiger partial charge in [0.1, 0.15) is 0 Å². The predicted octanol–water partition coefficient (Wildman–Crippen LogP) is 3.66. The van der Waals surface area contributed by atoms with Crippen LogP contribution in [0.4, 0.5) is 5.69 Å². The third-order valence-electron chi connectivity index (χ3n) is 3.47. The fourth-order valence-corrected chi connectivity index (χ4v) is 3.34. The summed E-state index contributed by atoms with van der Waals surface area (Å²) in [4.78, 5) is 0. The summed E-state index contributed by atoms with van der Waals surface area (Å²) in [5, 5.41) is 3.48. The monoisotopic (exact) mass is 281 g/mol. The van der Waals surface area contributed by atoms with Crippen LogP contribution in [0.1, 0.15) is 36.5 Å². The van der Waals surface area contributed by atoms with E-state index in [1.54, 1.807) is 0 Å². The van der Waals surface area contributed by atoms with Crippen LogP contribution in [0.25, 0.3) is 0 Å². The Balaban J connectivity index is 2.06. The highest BCUT2D eigenvalue weighted by Crippen LogP contribution is 2.40. The van der Waals surface area contributed by atoms with Crippen molar-refractivity contribution in [3.8, 4) is 0 Å². The van der Waals surface area contributed by atoms with Crippen molar-refractivity contribution in [3.63, 3.8) is 0 Å². The highest BCUT2D eigenvalue weighted by Gasteiger charge is 2.25. The zero-order valence-electron chi connectivity index (χ0n) is 9.26. The molecule has 3 rings (SSSR count). The normalized spacial score (nSPS) is 23.9. The Morgan fingerprint density at radius 2 is 2.25 bits per heavy atom. The molecule has 16 heavy (non-hydrogen) atoms. The van der Waals surface area contributed by atoms with Gasteiger partial charge in [-0.05, 0) is 43.4 Å². The van der Waals surface area contributed by atoms with E-state index in [0.29, 0.717) is 6.10 Å². The van der Waals surface area contributed by atoms with Crippen LogP contribution in [-0.4, -0.2) is 13.2 Å². The standard InChI is InChI=1S/C13H16BrNO/c14-10-5-6-11-9(3-1-7-15-11)13(10)12-4-2-8-16-12/h5-6,12,15H,1-4,7-8H2. The summed E-state index contributed by atoms with van der Waals surface area (Å²) < 4.78 is 7.04. The highest BCUT2D eigenvalue weighted by atomic mass is 79.9. The molecule has 0 saturated carbocycles. The molecule has 0 bridgehead atoms. The van der Waals surface area contributed by atoms with E-state index in [1.807, 2.05) is 0 Å². The SMILES string of the molecule is Brc1ccc2c(c1C1CCCO1)CCCN2. The second-order valence-electron chi connectivity index (χ2n) is 4.52. The van der Waals surface area contributed by atoms with Crippen LogP contribution in [0, 0.1) is 0 Å². The first-order valence-corrected chi connectivity index (χ1v) is 6.82. The molecule has 86 valence electrons. The second kappa shape index (κ2) is 4.38. The number of fused-ring (bicyclic) bond motifs is 1. The lowest BCUT2D eigenvalue weighted by Crippen LogP contribution is -2.15. The molecule has 2 aliphatic rings. The molecule has 0 spiro atoms. The van der Waals surface area contributed by atoms with Crippen LogP contribution in [0.3, 0.4) is 0 Å². The molecule has 1 fully saturated rings. The Morgan fingerprint density at radius 3 is 3.06 bits per heavy atom. The fourth-order valence-electron chi connectivity index (χ4n) is 2.71. The molecule has 0 aliphatic carbocycles. The minimum absolute atomic E-state index is 0.309. The topological polar surface area (TPSA) is 21.3 Å². The summed E-state index contributed by atoms with van der Waals surface area (Å²) in [5.41, 5.74) is 4.16. The van der Waals surface area contributed by atoms with Gasteiger partial charge >= 0.3 is 0 Å². The molecule has 1 aromatic rings. The number of hydrogen-bond donors (Lipinski definition) is 1. The Morgan fingerprint density at radius 1 is 1.31 bits per heavy atom. The molecular formula is C13H16BrNO. The van der Waals surface area contributed by atoms with Crippen molar-refractivity contribution in [1.29, 1.82) is 0 Å². The fraction of sp³-hybridized carbons (Fsp3) is 0.538. The second-order valence-corrected chi connectivity index (χ2v) is 5.37. The molecular weight excluding hydrogens is 266 g/mol. The molecule has 2 aliphatic heterocycles. The molecule has 2 nitrogen and oxygen atoms in total. The zero-order chi connectivity index (χ0) is 11.0. The molecule has 0 radical (unpaired) electrons. The summed E-state index contributed by atoms with van der Waals surface area (Å²) in [5.74, 6) is 0. The molecule has 1 N–H and O–H groups in total. The summed E-state index contributed by atoms with van der Waals surface area (Å²) in [7, 11) is 0. The smallest absolute Gasteiger partial charge is 0.0840 e. The van der Waals surface area contributed by atoms with Crippen LogP contribution < -0.4 is 5.32 Å². The summed E-state index contributed by atoms with van der Waals surface area (Å²) >= 11 is 3.68. The highest BCUT2D eigenvalue weighted by molar-refractivity contribution is 9.10. The first kappa shape index (κ1) is 10.6. The van der Waals surface area contributed by atoms with Gasteiger partial charge in [-0.3, -0.25) is 0 Å². The molecule has 1 saturated heterocycles. The van der Waals surface area contributed by atoms with E-state index in [1.165, 1.54) is 40.5 Å². The lowest BCUT2D eigenvalue weighted by Gasteiger charge is -2.24. The third-order valence-corrected chi connectivity index (χ3v) is 4.17. The van der Waals surface area contributed by atoms with Crippen LogP contribution in [0.2, 0.25) is 0 Å². The Bertz CT molecular complexity index is 399. The van der Waals surface area contributed by atoms with E-state index in [2.05, 4.69) is 33.4 Å². The van der Waals surface area contributed by atoms with Crippen molar-refractivity contribution < 1.29 is 4.74 Å². The van der Waals surface area contributed by atoms with E-state index in [0.717, 1.165) is 19.6 Å². The van der Waals surface area contributed by atoms with Crippen molar-refractivity contribution in [2.45, 2.75) is 31.8 Å². The van der Waals surface area contributed by atoms with E-state index in [-0.39, 0.29) is 0 Å². The summed E-state index contributed by atoms with van der Waals surface area (Å²) in [6.07, 6.45) is 5.06. The average molecular weight is 282 g/mol. The van der Waals surface area contributed by atoms with Gasteiger partial charge in [0.05, 0.1) is 6.10 Å². The van der Waals surface area contributed by atoms with Crippen molar-refractivity contribution in [2.24, 2.45) is 0 Å². The molecule has 0 amide bonds. The van der Waals surface area contributed by atoms with Crippen molar-refractivity contribution in [2.75, 3.05) is 18.5 Å². The van der Waals surface area contributed by atoms with Gasteiger partial charge < -0.3 is 10.1 Å². The minimum Gasteiger partial charge on any atom is -0.385 e. The predicted molar refractivity (Wildman–Crippen MR) is 68.9 cm³/mol. The van der Waals surface area contributed by atoms with E-state index in [9.17, 15) is 0 Å². The largest absolute Gasteiger partial charge is 0.385 e. The minimum atomic E-state index is 0.309. The van der Waals surface area contributed by atoms with Gasteiger partial charge in [0.15, 0.2) is 0 Å². The van der Waals surface area contributed by atoms with E-state index < -0.39 is 0 Å². The third kappa shape index (κ3) is 1.76. The van der Waals surface area contributed by atoms with Crippen LogP contribution in [-0.2, 0) is 11.2 Å². The number of hydrogen-bond acceptors (Lipinski definition) is 2. The van der Waals surface area contributed by atoms with Crippen molar-refractivity contribution in [3.05, 3.63) is 27.7 Å². The van der Waals surface area contributed by atoms with Gasteiger partial charge in [0.2, 0.25) is 0 Å². The number of halogens is 1. The van der Waals surface area contributed by atoms with Gasteiger partial charge in [-0.2, -0.15) is 0 Å². The molecule has 1 aromatic carbocycles. The average Bonchev–Trinajstić information content (AvgIpc) is 2.82. The maximum atomic E-state index is 5.83. The number of rotatable bonds is 1. The lowest BCUT2D eigenvalue weighted by molar-refractivity contribution is 0.110. The number of benzene rings is 1. The van der Waals surface area contributed by atoms with Crippen molar-refractivity contribution in [1.82, 2.24) is 0 Å². The quantitative estimate of drug-likeness (QED) is 0.848. The number of ether oxygens (including phenoxy) is 1. The Kier molecular flexibility index (Phi) is 2.90. The molecule has 1 atom stereocenters. The van der Waals surface area contributed by atoms with Crippen LogP contribution in [0.15, 0.2) is 16.6 Å². The first-order valence-electron chi connectivity index (χ1n) is 6.03. The zero-order valence-corrected chi connectivity index (χ0v) is 10.8. The summed E-state index contributed by atoms with van der Waals surface area (Å²) in [6, 6.07) is 4.32. The van der Waals surface area contributed by atoms with Crippen LogP contribution in [0.5, 0.6) is 0 Å². The van der Waals surface area contributed by atoms with Crippen molar-refractivity contribution >= 4 is 21.6 Å². The lowest BCUT2D eigenvalue weighted by atomic mass is 9.93. The maximum Gasteiger partial charge on any atom is 0.0840 e. The molecule has 3 heteroatoms. The van der Waals surface area contributed by atoms with Gasteiger partial charge in [-0.25, -0.2) is 0 Å². The van der Waals surface area contributed by atoms with Crippen LogP contribution >= 0.6 is 15.9 Å². The molecule has 1 unspecified atom stereocenters. The molecule has 0 aromatic heterocycles. The number of anilines is 1.